The molecule has 3 aliphatic carbocycles. The van der Waals surface area contributed by atoms with Crippen LogP contribution >= 0.6 is 0 Å². The molecule has 11 amide bonds. The highest BCUT2D eigenvalue weighted by molar-refractivity contribution is 6.00. The number of allylic oxidation sites excluding steroid dienone is 4. The van der Waals surface area contributed by atoms with Crippen LogP contribution in [0.2, 0.25) is 0 Å². The third kappa shape index (κ3) is 22.5. The molecule has 1 heterocycles. The van der Waals surface area contributed by atoms with E-state index < -0.39 is 156 Å². The van der Waals surface area contributed by atoms with Gasteiger partial charge < -0.3 is 65.8 Å². The lowest BCUT2D eigenvalue weighted by Crippen LogP contribution is -2.63. The van der Waals surface area contributed by atoms with Gasteiger partial charge in [-0.25, -0.2) is 0 Å². The van der Waals surface area contributed by atoms with E-state index in [2.05, 4.69) is 40.3 Å². The van der Waals surface area contributed by atoms with Crippen LogP contribution in [0.25, 0.3) is 0 Å². The van der Waals surface area contributed by atoms with Crippen LogP contribution in [0.15, 0.2) is 42.0 Å². The molecule has 15 atom stereocenters. The van der Waals surface area contributed by atoms with Gasteiger partial charge in [0.25, 0.3) is 0 Å². The Morgan fingerprint density at radius 1 is 0.552 bits per heavy atom. The quantitative estimate of drug-likeness (QED) is 0.0963. The third-order valence-corrected chi connectivity index (χ3v) is 22.0. The number of aliphatic hydroxyl groups excluding tert-OH is 1. The molecule has 1 aliphatic heterocycles. The normalized spacial score (nSPS) is 28.5. The molecule has 25 heteroatoms. The number of ketones is 1. The molecule has 105 heavy (non-hydrogen) atoms. The standard InChI is InChI=1S/C62H111N11O12.C18H20O2/c1-25-27-28-40(15)52(75)51-56(79)65-43(26-2)58(81)67(18)33-48(74)68(19)44(29-34(3)4)55(78)66-49(38(11)12)61(84)69(20)45(30-35(5)6)54(77)63-41(16)53(76)64-42(17)57(80)70(21)46(31-36(7)8)59(82)71(22)47(32-37(9)10)60(83)72(23)50(39(13)14)62(85)73(51)24;1-18-9-8-14-13-5-3-12(19)10-11(13)2-4-15(14)16(18)6-7-17(18)20/h25,27,34-47,49-52,75H,26,28-33H2,1-24H3,(H,63,77)(H,64,76)(H,65,79)(H,66,78);3-5,10,14,16,19H,2,6-9H2,1H3. The first-order valence-electron chi connectivity index (χ1n) is 38.2. The zero-order valence-corrected chi connectivity index (χ0v) is 67.9. The first-order valence-corrected chi connectivity index (χ1v) is 38.2. The average molecular weight is 1470 g/mol. The van der Waals surface area contributed by atoms with Gasteiger partial charge >= 0.3 is 0 Å². The summed E-state index contributed by atoms with van der Waals surface area (Å²) in [6.45, 7) is 31.5. The Hall–Kier alpha value is -7.70. The molecule has 3 fully saturated rings. The van der Waals surface area contributed by atoms with Crippen molar-refractivity contribution in [1.29, 1.82) is 0 Å². The molecule has 5 rings (SSSR count). The third-order valence-electron chi connectivity index (χ3n) is 22.0. The number of rotatable bonds is 15. The molecule has 0 bridgehead atoms. The van der Waals surface area contributed by atoms with Crippen LogP contribution in [0, 0.1) is 52.8 Å². The van der Waals surface area contributed by atoms with Crippen molar-refractivity contribution in [3.63, 3.8) is 0 Å². The largest absolute Gasteiger partial charge is 0.508 e. The van der Waals surface area contributed by atoms with Gasteiger partial charge in [-0.15, -0.1) is 0 Å². The van der Waals surface area contributed by atoms with Crippen LogP contribution in [0.3, 0.4) is 0 Å². The maximum Gasteiger partial charge on any atom is 0.246 e. The minimum absolute atomic E-state index is 0.0229. The van der Waals surface area contributed by atoms with E-state index in [9.17, 15) is 58.2 Å². The van der Waals surface area contributed by atoms with Crippen molar-refractivity contribution in [1.82, 2.24) is 55.6 Å². The maximum absolute atomic E-state index is 15.1. The van der Waals surface area contributed by atoms with E-state index in [-0.39, 0.29) is 61.2 Å². The Labute approximate surface area is 626 Å². The molecular weight excluding hydrogens is 1340 g/mol. The van der Waals surface area contributed by atoms with E-state index in [1.807, 2.05) is 67.5 Å². The number of carbonyl (C=O) groups is 12. The van der Waals surface area contributed by atoms with Crippen molar-refractivity contribution in [3.8, 4) is 5.75 Å². The number of nitrogens with one attached hydrogen (secondary N) is 4. The number of likely N-dealkylation sites (N-methyl/N-ethyl adjacent to an activating group) is 7. The van der Waals surface area contributed by atoms with Crippen LogP contribution in [0.5, 0.6) is 5.75 Å². The number of benzene rings is 1. The number of nitrogens with zero attached hydrogens (tertiary/aromatic N) is 7. The summed E-state index contributed by atoms with van der Waals surface area (Å²) in [7, 11) is 9.92. The number of amides is 11. The highest BCUT2D eigenvalue weighted by Crippen LogP contribution is 2.58. The fourth-order valence-electron chi connectivity index (χ4n) is 15.4. The molecule has 1 saturated heterocycles. The van der Waals surface area contributed by atoms with Gasteiger partial charge in [0.15, 0.2) is 0 Å². The molecule has 6 N–H and O–H groups in total. The predicted octanol–water partition coefficient (Wildman–Crippen LogP) is 7.01. The number of Topliss-reactive ketones (excluding diaryl/α,β-unsaturated/α-hetero) is 1. The molecule has 1 aromatic carbocycles. The number of aromatic hydroxyl groups is 1. The SMILES string of the molecule is CC12CCC3C(=CCc4cc(O)ccc43)C1CCC2=O.CC=CCC(C)C(O)C1C(=O)NC(CC)C(=O)N(C)CC(=O)N(C)C(CC(C)C)C(=O)NC(C(C)C)C(=O)N(C)C(CC(C)C)C(=O)NC(C)C(=O)NC(C)C(=O)N(C)C(CC(C)C)C(=O)N(C)C(CC(C)C)C(=O)N(C)C(C(C)C)C(=O)N1C. The smallest absolute Gasteiger partial charge is 0.246 e. The van der Waals surface area contributed by atoms with Crippen molar-refractivity contribution in [2.45, 2.75) is 268 Å². The Kier molecular flexibility index (Phi) is 33.5. The van der Waals surface area contributed by atoms with Gasteiger partial charge in [-0.05, 0) is 156 Å². The van der Waals surface area contributed by atoms with Gasteiger partial charge in [0, 0.05) is 67.1 Å². The summed E-state index contributed by atoms with van der Waals surface area (Å²) >= 11 is 0. The van der Waals surface area contributed by atoms with Gasteiger partial charge in [-0.2, -0.15) is 0 Å². The van der Waals surface area contributed by atoms with Crippen LogP contribution in [-0.2, 0) is 64.0 Å². The molecule has 1 aromatic rings. The predicted molar refractivity (Wildman–Crippen MR) is 406 cm³/mol. The van der Waals surface area contributed by atoms with Crippen LogP contribution in [0.1, 0.15) is 206 Å². The summed E-state index contributed by atoms with van der Waals surface area (Å²) in [6.07, 6.45) is 10.2. The van der Waals surface area contributed by atoms with Gasteiger partial charge in [0.05, 0.1) is 12.6 Å². The van der Waals surface area contributed by atoms with Crippen molar-refractivity contribution in [2.75, 3.05) is 55.9 Å². The minimum atomic E-state index is -1.61. The number of hydrogen-bond donors (Lipinski definition) is 6. The second-order valence-corrected chi connectivity index (χ2v) is 32.9. The average Bonchev–Trinajstić information content (AvgIpc) is 1.68. The second kappa shape index (κ2) is 39.2. The number of carbonyl (C=O) groups excluding carboxylic acids is 12. The second-order valence-electron chi connectivity index (χ2n) is 32.9. The highest BCUT2D eigenvalue weighted by atomic mass is 16.3. The van der Waals surface area contributed by atoms with Crippen molar-refractivity contribution < 1.29 is 67.7 Å². The molecule has 25 nitrogen and oxygen atoms in total. The molecule has 590 valence electrons. The number of phenolic OH excluding ortho intramolecular Hbond substituents is 1. The lowest BCUT2D eigenvalue weighted by Gasteiger charge is -2.43. The Balaban J connectivity index is 0.000000976. The molecular formula is C80H131N11O14. The zero-order valence-electron chi connectivity index (χ0n) is 67.9. The lowest BCUT2D eigenvalue weighted by molar-refractivity contribution is -0.157. The minimum Gasteiger partial charge on any atom is -0.508 e. The van der Waals surface area contributed by atoms with E-state index in [0.29, 0.717) is 29.8 Å². The number of aliphatic hydroxyl groups is 1. The molecule has 2 saturated carbocycles. The Morgan fingerprint density at radius 2 is 1.05 bits per heavy atom. The number of phenols is 1. The summed E-state index contributed by atoms with van der Waals surface area (Å²) in [5.41, 5.74) is 4.03. The summed E-state index contributed by atoms with van der Waals surface area (Å²) < 4.78 is 0. The van der Waals surface area contributed by atoms with Gasteiger partial charge in [0.2, 0.25) is 65.0 Å². The summed E-state index contributed by atoms with van der Waals surface area (Å²) in [6, 6.07) is -6.54. The van der Waals surface area contributed by atoms with Gasteiger partial charge in [0.1, 0.15) is 72.0 Å². The molecule has 4 aliphatic rings. The summed E-state index contributed by atoms with van der Waals surface area (Å²) in [4.78, 5) is 181. The first-order chi connectivity index (χ1) is 48.8. The summed E-state index contributed by atoms with van der Waals surface area (Å²) in [5, 5.41) is 32.7. The van der Waals surface area contributed by atoms with E-state index in [4.69, 9.17) is 0 Å². The Bertz CT molecular complexity index is 3310. The highest BCUT2D eigenvalue weighted by Gasteiger charge is 2.53. The maximum atomic E-state index is 15.1. The first kappa shape index (κ1) is 89.7. The van der Waals surface area contributed by atoms with E-state index in [0.717, 1.165) is 41.9 Å². The molecule has 0 spiro atoms. The van der Waals surface area contributed by atoms with E-state index >= 15 is 9.59 Å². The van der Waals surface area contributed by atoms with E-state index in [1.54, 1.807) is 60.6 Å². The molecule has 0 radical (unpaired) electrons. The van der Waals surface area contributed by atoms with Crippen molar-refractivity contribution in [2.24, 2.45) is 52.8 Å². The number of fused-ring (bicyclic) bond motifs is 5. The monoisotopic (exact) mass is 1470 g/mol. The molecule has 15 unspecified atom stereocenters. The van der Waals surface area contributed by atoms with Crippen molar-refractivity contribution >= 4 is 70.8 Å². The van der Waals surface area contributed by atoms with Gasteiger partial charge in [-0.3, -0.25) is 57.5 Å². The van der Waals surface area contributed by atoms with Crippen LogP contribution in [-0.4, -0.2) is 238 Å². The van der Waals surface area contributed by atoms with Crippen molar-refractivity contribution in [3.05, 3.63) is 53.1 Å². The van der Waals surface area contributed by atoms with Crippen LogP contribution in [0.4, 0.5) is 0 Å². The van der Waals surface area contributed by atoms with E-state index in [1.165, 1.54) is 104 Å². The Morgan fingerprint density at radius 3 is 1.57 bits per heavy atom. The summed E-state index contributed by atoms with van der Waals surface area (Å²) in [5.74, 6) is -7.95. The van der Waals surface area contributed by atoms with Gasteiger partial charge in [-0.1, -0.05) is 134 Å². The zero-order chi connectivity index (χ0) is 79.9. The lowest BCUT2D eigenvalue weighted by atomic mass is 9.60. The van der Waals surface area contributed by atoms with Crippen LogP contribution < -0.4 is 21.3 Å². The molecule has 0 aromatic heterocycles. The fraction of sp³-hybridized carbons (Fsp3) is 0.725. The topological polar surface area (TPSA) is 316 Å². The number of hydrogen-bond acceptors (Lipinski definition) is 14. The fourth-order valence-corrected chi connectivity index (χ4v) is 15.4.